The van der Waals surface area contributed by atoms with Gasteiger partial charge in [0, 0.05) is 12.1 Å². The number of hydrogen-bond donors (Lipinski definition) is 1. The van der Waals surface area contributed by atoms with Gasteiger partial charge in [0.15, 0.2) is 5.82 Å². The van der Waals surface area contributed by atoms with Crippen LogP contribution >= 0.6 is 0 Å². The van der Waals surface area contributed by atoms with Crippen LogP contribution in [0.1, 0.15) is 33.9 Å². The van der Waals surface area contributed by atoms with E-state index >= 15 is 0 Å². The monoisotopic (exact) mass is 445 g/mol. The number of aromatic nitrogens is 2. The van der Waals surface area contributed by atoms with Gasteiger partial charge in [-0.25, -0.2) is 4.98 Å². The third-order valence-corrected chi connectivity index (χ3v) is 5.20. The second-order valence-electron chi connectivity index (χ2n) is 7.50. The molecule has 8 heteroatoms. The van der Waals surface area contributed by atoms with Gasteiger partial charge in [0.05, 0.1) is 30.1 Å². The van der Waals surface area contributed by atoms with E-state index in [1.54, 1.807) is 48.5 Å². The molecule has 0 radical (unpaired) electrons. The summed E-state index contributed by atoms with van der Waals surface area (Å²) >= 11 is 0. The van der Waals surface area contributed by atoms with E-state index in [0.717, 1.165) is 5.56 Å². The summed E-state index contributed by atoms with van der Waals surface area (Å²) in [5.41, 5.74) is 1.70. The molecule has 168 valence electrons. The average molecular weight is 445 g/mol. The lowest BCUT2D eigenvalue weighted by molar-refractivity contribution is -0.145. The number of benzene rings is 2. The second-order valence-corrected chi connectivity index (χ2v) is 7.50. The molecule has 0 aliphatic rings. The van der Waals surface area contributed by atoms with Crippen LogP contribution in [-0.2, 0) is 22.7 Å². The number of furan rings is 1. The van der Waals surface area contributed by atoms with Gasteiger partial charge < -0.3 is 14.5 Å². The third-order valence-electron chi connectivity index (χ3n) is 5.20. The van der Waals surface area contributed by atoms with Gasteiger partial charge in [-0.15, -0.1) is 0 Å². The van der Waals surface area contributed by atoms with E-state index in [4.69, 9.17) is 9.15 Å². The fourth-order valence-corrected chi connectivity index (χ4v) is 3.46. The minimum absolute atomic E-state index is 0.00633. The summed E-state index contributed by atoms with van der Waals surface area (Å²) in [7, 11) is 0. The maximum Gasteiger partial charge on any atom is 0.308 e. The molecule has 0 bridgehead atoms. The van der Waals surface area contributed by atoms with Crippen molar-refractivity contribution in [2.24, 2.45) is 0 Å². The third kappa shape index (κ3) is 5.17. The number of hydrogen-bond acceptors (Lipinski definition) is 6. The fourth-order valence-electron chi connectivity index (χ4n) is 3.46. The number of carbonyl (C=O) groups is 2. The number of rotatable bonds is 8. The first-order valence-corrected chi connectivity index (χ1v) is 10.5. The van der Waals surface area contributed by atoms with E-state index in [1.807, 2.05) is 19.1 Å². The zero-order valence-corrected chi connectivity index (χ0v) is 18.1. The van der Waals surface area contributed by atoms with Crippen molar-refractivity contribution in [3.8, 4) is 0 Å². The number of para-hydroxylation sites is 1. The van der Waals surface area contributed by atoms with Crippen molar-refractivity contribution in [1.82, 2.24) is 14.9 Å². The Morgan fingerprint density at radius 3 is 2.64 bits per heavy atom. The molecule has 0 aliphatic heterocycles. The molecule has 1 N–H and O–H groups in total. The number of nitrogens with zero attached hydrogens (tertiary/aromatic N) is 2. The summed E-state index contributed by atoms with van der Waals surface area (Å²) in [5, 5.41) is 3.19. The number of carbonyl (C=O) groups excluding carboxylic acids is 2. The number of esters is 1. The van der Waals surface area contributed by atoms with E-state index in [-0.39, 0.29) is 37.6 Å². The molecular weight excluding hydrogens is 422 g/mol. The van der Waals surface area contributed by atoms with Crippen LogP contribution in [0.2, 0.25) is 0 Å². The van der Waals surface area contributed by atoms with Crippen LogP contribution in [0.4, 0.5) is 0 Å². The zero-order valence-electron chi connectivity index (χ0n) is 18.1. The predicted octanol–water partition coefficient (Wildman–Crippen LogP) is 3.21. The number of nitrogens with one attached hydrogen (secondary N) is 1. The molecule has 0 saturated carbocycles. The molecule has 0 unspecified atom stereocenters. The molecule has 4 rings (SSSR count). The Kier molecular flexibility index (Phi) is 6.64. The van der Waals surface area contributed by atoms with Gasteiger partial charge in [-0.2, -0.15) is 0 Å². The maximum absolute atomic E-state index is 13.0. The highest BCUT2D eigenvalue weighted by molar-refractivity contribution is 5.95. The first-order chi connectivity index (χ1) is 16.0. The topological polar surface area (TPSA) is 103 Å². The van der Waals surface area contributed by atoms with Crippen LogP contribution in [0, 0.1) is 6.92 Å². The molecule has 0 fully saturated rings. The van der Waals surface area contributed by atoms with Crippen LogP contribution in [0.5, 0.6) is 0 Å². The summed E-state index contributed by atoms with van der Waals surface area (Å²) in [6, 6.07) is 17.7. The quantitative estimate of drug-likeness (QED) is 0.418. The van der Waals surface area contributed by atoms with Gasteiger partial charge in [0.1, 0.15) is 12.4 Å². The molecule has 33 heavy (non-hydrogen) atoms. The Balaban J connectivity index is 1.42. The molecular formula is C25H23N3O5. The van der Waals surface area contributed by atoms with Gasteiger partial charge in [-0.1, -0.05) is 30.3 Å². The Hall–Kier alpha value is -4.20. The number of ether oxygens (including phenoxy) is 1. The summed E-state index contributed by atoms with van der Waals surface area (Å²) in [6.07, 6.45) is 1.52. The lowest BCUT2D eigenvalue weighted by Crippen LogP contribution is -2.28. The highest BCUT2D eigenvalue weighted by Crippen LogP contribution is 2.12. The highest BCUT2D eigenvalue weighted by Gasteiger charge is 2.15. The van der Waals surface area contributed by atoms with E-state index in [1.165, 1.54) is 10.8 Å². The first kappa shape index (κ1) is 22.0. The SMILES string of the molecule is Cc1ccccc1C(=O)NCCC(=O)OCc1nc2ccccc2c(=O)n1Cc1ccco1. The Morgan fingerprint density at radius 1 is 1.06 bits per heavy atom. The van der Waals surface area contributed by atoms with E-state index in [9.17, 15) is 14.4 Å². The smallest absolute Gasteiger partial charge is 0.308 e. The van der Waals surface area contributed by atoms with Gasteiger partial charge in [-0.05, 0) is 42.8 Å². The fraction of sp³-hybridized carbons (Fsp3) is 0.200. The van der Waals surface area contributed by atoms with Crippen molar-refractivity contribution < 1.29 is 18.7 Å². The second kappa shape index (κ2) is 9.95. The Morgan fingerprint density at radius 2 is 1.85 bits per heavy atom. The van der Waals surface area contributed by atoms with Crippen molar-refractivity contribution in [2.75, 3.05) is 6.54 Å². The van der Waals surface area contributed by atoms with Crippen LogP contribution in [0.25, 0.3) is 10.9 Å². The van der Waals surface area contributed by atoms with Crippen molar-refractivity contribution in [3.05, 3.63) is 100.0 Å². The zero-order chi connectivity index (χ0) is 23.2. The largest absolute Gasteiger partial charge is 0.467 e. The first-order valence-electron chi connectivity index (χ1n) is 10.5. The predicted molar refractivity (Wildman–Crippen MR) is 122 cm³/mol. The molecule has 1 amide bonds. The highest BCUT2D eigenvalue weighted by atomic mass is 16.5. The van der Waals surface area contributed by atoms with Gasteiger partial charge in [0.2, 0.25) is 0 Å². The van der Waals surface area contributed by atoms with Gasteiger partial charge in [0.25, 0.3) is 11.5 Å². The molecule has 0 spiro atoms. The molecule has 4 aromatic rings. The summed E-state index contributed by atoms with van der Waals surface area (Å²) in [4.78, 5) is 42.1. The lowest BCUT2D eigenvalue weighted by atomic mass is 10.1. The Labute approximate surface area is 189 Å². The minimum atomic E-state index is -0.507. The standard InChI is InChI=1S/C25H23N3O5/c1-17-7-2-3-9-19(17)24(30)26-13-12-23(29)33-16-22-27-21-11-5-4-10-20(21)25(31)28(22)15-18-8-6-14-32-18/h2-11,14H,12-13,15-16H2,1H3,(H,26,30). The van der Waals surface area contributed by atoms with E-state index in [0.29, 0.717) is 28.1 Å². The molecule has 2 aromatic heterocycles. The van der Waals surface area contributed by atoms with Crippen LogP contribution < -0.4 is 10.9 Å². The molecule has 0 atom stereocenters. The summed E-state index contributed by atoms with van der Waals surface area (Å²) < 4.78 is 12.2. The van der Waals surface area contributed by atoms with Crippen molar-refractivity contribution in [2.45, 2.75) is 26.5 Å². The average Bonchev–Trinajstić information content (AvgIpc) is 3.33. The van der Waals surface area contributed by atoms with Crippen LogP contribution in [0.15, 0.2) is 76.1 Å². The number of amides is 1. The lowest BCUT2D eigenvalue weighted by Gasteiger charge is -2.13. The summed E-state index contributed by atoms with van der Waals surface area (Å²) in [6.45, 7) is 1.98. The minimum Gasteiger partial charge on any atom is -0.467 e. The normalized spacial score (nSPS) is 10.8. The van der Waals surface area contributed by atoms with Gasteiger partial charge >= 0.3 is 5.97 Å². The molecule has 0 saturated heterocycles. The maximum atomic E-state index is 13.0. The Bertz CT molecular complexity index is 1340. The van der Waals surface area contributed by atoms with Crippen LogP contribution in [-0.4, -0.2) is 28.0 Å². The number of aryl methyl sites for hydroxylation is 1. The van der Waals surface area contributed by atoms with Crippen molar-refractivity contribution in [3.63, 3.8) is 0 Å². The van der Waals surface area contributed by atoms with E-state index < -0.39 is 5.97 Å². The van der Waals surface area contributed by atoms with E-state index in [2.05, 4.69) is 10.3 Å². The summed E-state index contributed by atoms with van der Waals surface area (Å²) in [5.74, 6) is 0.143. The number of fused-ring (bicyclic) bond motifs is 1. The van der Waals surface area contributed by atoms with Crippen molar-refractivity contribution in [1.29, 1.82) is 0 Å². The molecule has 0 aliphatic carbocycles. The molecule has 8 nitrogen and oxygen atoms in total. The molecule has 2 heterocycles. The molecule has 2 aromatic carbocycles. The van der Waals surface area contributed by atoms with Gasteiger partial charge in [-0.3, -0.25) is 19.0 Å². The van der Waals surface area contributed by atoms with Crippen molar-refractivity contribution >= 4 is 22.8 Å². The van der Waals surface area contributed by atoms with Crippen LogP contribution in [0.3, 0.4) is 0 Å².